The predicted octanol–water partition coefficient (Wildman–Crippen LogP) is 18.9. The molecule has 3 unspecified atom stereocenters. The van der Waals surface area contributed by atoms with E-state index in [0.29, 0.717) is 17.4 Å². The highest BCUT2D eigenvalue weighted by Crippen LogP contribution is 2.38. The van der Waals surface area contributed by atoms with Gasteiger partial charge in [0.25, 0.3) is 7.82 Å². The van der Waals surface area contributed by atoms with Crippen LogP contribution in [-0.2, 0) is 27.9 Å². The van der Waals surface area contributed by atoms with Gasteiger partial charge in [0.05, 0.1) is 33.8 Å². The summed E-state index contributed by atoms with van der Waals surface area (Å²) in [5, 5.41) is 2.99. The average Bonchev–Trinajstić information content (AvgIpc) is 3.39. The first-order valence-electron chi connectivity index (χ1n) is 31.5. The standard InChI is InChI=1S/C67H119N2O7P/c1-7-10-13-16-19-22-25-27-29-31-32-33-34-35-36-38-40-42-45-48-51-54-57-60-67(71)76-65(58-55-52-49-46-43-24-21-18-15-12-9-3)64(63-75-77(72,73)74-62-61-69(4,5)6)68-66(70)59-56-53-50-47-44-41-39-37-30-28-26-23-20-17-14-11-8-2/h11,14,19-20,22-23,27-30,39,41,47,50,55,58,64-65H,7-10,12-13,15-18,21,24-26,31-38,40,42-46,48-49,51-54,56-57,59-63H2,1-6H3,(H-,68,70,72,73)/b14-11-,22-19-,23-20-,29-27-,30-28-,41-39-,50-47-,58-55-. The molecule has 77 heavy (non-hydrogen) atoms. The smallest absolute Gasteiger partial charge is 0.306 e. The van der Waals surface area contributed by atoms with E-state index in [4.69, 9.17) is 13.8 Å². The molecule has 0 saturated heterocycles. The van der Waals surface area contributed by atoms with Crippen molar-refractivity contribution in [2.45, 2.75) is 277 Å². The number of amides is 1. The van der Waals surface area contributed by atoms with Crippen LogP contribution >= 0.6 is 7.82 Å². The number of ether oxygens (including phenoxy) is 1. The van der Waals surface area contributed by atoms with E-state index in [2.05, 4.69) is 111 Å². The van der Waals surface area contributed by atoms with E-state index in [1.165, 1.54) is 141 Å². The summed E-state index contributed by atoms with van der Waals surface area (Å²) in [5.41, 5.74) is 0. The van der Waals surface area contributed by atoms with Crippen LogP contribution in [-0.4, -0.2) is 69.4 Å². The fraction of sp³-hybridized carbons (Fsp3) is 0.731. The molecule has 0 aliphatic rings. The molecule has 0 bridgehead atoms. The number of nitrogens with one attached hydrogen (secondary N) is 1. The first-order chi connectivity index (χ1) is 37.4. The number of phosphoric acid groups is 1. The van der Waals surface area contributed by atoms with Crippen LogP contribution in [0.3, 0.4) is 0 Å². The Labute approximate surface area is 475 Å². The summed E-state index contributed by atoms with van der Waals surface area (Å²) in [6, 6.07) is -0.923. The number of phosphoric ester groups is 1. The highest BCUT2D eigenvalue weighted by molar-refractivity contribution is 7.45. The van der Waals surface area contributed by atoms with Crippen LogP contribution in [0, 0.1) is 0 Å². The van der Waals surface area contributed by atoms with Crippen LogP contribution in [0.25, 0.3) is 0 Å². The molecule has 3 atom stereocenters. The number of hydrogen-bond donors (Lipinski definition) is 1. The number of quaternary nitrogens is 1. The minimum absolute atomic E-state index is 0.0368. The number of carbonyl (C=O) groups excluding carboxylic acids is 2. The third kappa shape index (κ3) is 57.4. The zero-order valence-electron chi connectivity index (χ0n) is 50.6. The van der Waals surface area contributed by atoms with Gasteiger partial charge in [0.2, 0.25) is 5.91 Å². The number of nitrogens with zero attached hydrogens (tertiary/aromatic N) is 1. The summed E-state index contributed by atoms with van der Waals surface area (Å²) in [4.78, 5) is 39.9. The van der Waals surface area contributed by atoms with E-state index in [1.54, 1.807) is 0 Å². The van der Waals surface area contributed by atoms with Crippen molar-refractivity contribution in [2.24, 2.45) is 0 Å². The molecule has 0 radical (unpaired) electrons. The van der Waals surface area contributed by atoms with Gasteiger partial charge >= 0.3 is 5.97 Å². The highest BCUT2D eigenvalue weighted by Gasteiger charge is 2.27. The molecule has 0 heterocycles. The van der Waals surface area contributed by atoms with Gasteiger partial charge in [-0.25, -0.2) is 0 Å². The Bertz CT molecular complexity index is 1640. The van der Waals surface area contributed by atoms with Gasteiger partial charge in [-0.2, -0.15) is 0 Å². The normalized spacial score (nSPS) is 14.3. The number of allylic oxidation sites excluding steroid dienone is 15. The van der Waals surface area contributed by atoms with Gasteiger partial charge in [-0.05, 0) is 102 Å². The average molecular weight is 1100 g/mol. The van der Waals surface area contributed by atoms with Gasteiger partial charge < -0.3 is 28.5 Å². The monoisotopic (exact) mass is 1090 g/mol. The second-order valence-corrected chi connectivity index (χ2v) is 23.6. The summed E-state index contributed by atoms with van der Waals surface area (Å²) >= 11 is 0. The van der Waals surface area contributed by atoms with E-state index in [9.17, 15) is 19.0 Å². The zero-order chi connectivity index (χ0) is 56.4. The second kappa shape index (κ2) is 56.2. The lowest BCUT2D eigenvalue weighted by Crippen LogP contribution is -2.47. The molecule has 9 nitrogen and oxygen atoms in total. The molecular formula is C67H119N2O7P. The van der Waals surface area contributed by atoms with E-state index >= 15 is 0 Å². The van der Waals surface area contributed by atoms with Crippen molar-refractivity contribution in [1.82, 2.24) is 5.32 Å². The molecule has 0 aliphatic heterocycles. The fourth-order valence-electron chi connectivity index (χ4n) is 8.65. The van der Waals surface area contributed by atoms with Crippen LogP contribution in [0.5, 0.6) is 0 Å². The minimum Gasteiger partial charge on any atom is -0.756 e. The lowest BCUT2D eigenvalue weighted by atomic mass is 10.0. The van der Waals surface area contributed by atoms with Crippen LogP contribution in [0.2, 0.25) is 0 Å². The Morgan fingerprint density at radius 3 is 1.30 bits per heavy atom. The SMILES string of the molecule is CC/C=C\C/C=C\C/C=C\C/C=C\C/C=C\CCCC(=O)NC(COP(=O)([O-])OCC[N+](C)(C)C)C(/C=C\CCCCCCCCCCC)OC(=O)CCCCCCCCCCCCCCC/C=C\C/C=C\CCCCC. The summed E-state index contributed by atoms with van der Waals surface area (Å²) in [5.74, 6) is -0.612. The van der Waals surface area contributed by atoms with Crippen molar-refractivity contribution in [3.63, 3.8) is 0 Å². The van der Waals surface area contributed by atoms with E-state index < -0.39 is 26.6 Å². The first-order valence-corrected chi connectivity index (χ1v) is 33.0. The van der Waals surface area contributed by atoms with Crippen molar-refractivity contribution >= 4 is 19.7 Å². The molecule has 0 aromatic heterocycles. The molecule has 0 spiro atoms. The maximum atomic E-state index is 13.5. The van der Waals surface area contributed by atoms with Gasteiger partial charge in [0.15, 0.2) is 0 Å². The molecule has 0 aromatic carbocycles. The number of likely N-dealkylation sites (N-methyl/N-ethyl adjacent to an activating group) is 1. The maximum Gasteiger partial charge on any atom is 0.306 e. The van der Waals surface area contributed by atoms with Crippen molar-refractivity contribution in [3.05, 3.63) is 97.2 Å². The predicted molar refractivity (Wildman–Crippen MR) is 330 cm³/mol. The molecule has 444 valence electrons. The summed E-state index contributed by atoms with van der Waals surface area (Å²) in [6.07, 6.45) is 75.3. The third-order valence-electron chi connectivity index (χ3n) is 13.5. The Kier molecular flexibility index (Phi) is 54.0. The Morgan fingerprint density at radius 2 is 0.844 bits per heavy atom. The van der Waals surface area contributed by atoms with Crippen molar-refractivity contribution in [1.29, 1.82) is 0 Å². The third-order valence-corrected chi connectivity index (χ3v) is 14.5. The van der Waals surface area contributed by atoms with Gasteiger partial charge in [-0.15, -0.1) is 0 Å². The van der Waals surface area contributed by atoms with Crippen LogP contribution in [0.15, 0.2) is 97.2 Å². The molecule has 1 amide bonds. The number of carbonyl (C=O) groups is 2. The Balaban J connectivity index is 5.22. The summed E-state index contributed by atoms with van der Waals surface area (Å²) < 4.78 is 30.3. The summed E-state index contributed by atoms with van der Waals surface area (Å²) in [7, 11) is 1.14. The van der Waals surface area contributed by atoms with E-state index in [-0.39, 0.29) is 31.3 Å². The topological polar surface area (TPSA) is 114 Å². The molecule has 0 rings (SSSR count). The number of unbranched alkanes of at least 4 members (excludes halogenated alkanes) is 26. The van der Waals surface area contributed by atoms with E-state index in [1.807, 2.05) is 33.3 Å². The van der Waals surface area contributed by atoms with Gasteiger partial charge in [-0.3, -0.25) is 14.2 Å². The van der Waals surface area contributed by atoms with Crippen LogP contribution < -0.4 is 10.2 Å². The molecular weight excluding hydrogens is 976 g/mol. The van der Waals surface area contributed by atoms with Crippen LogP contribution in [0.1, 0.15) is 265 Å². The quantitative estimate of drug-likeness (QED) is 0.0212. The second-order valence-electron chi connectivity index (χ2n) is 22.2. The molecule has 0 aliphatic carbocycles. The number of esters is 1. The lowest BCUT2D eigenvalue weighted by molar-refractivity contribution is -0.870. The fourth-order valence-corrected chi connectivity index (χ4v) is 9.37. The minimum atomic E-state index is -4.72. The lowest BCUT2D eigenvalue weighted by Gasteiger charge is -2.30. The highest BCUT2D eigenvalue weighted by atomic mass is 31.2. The molecule has 1 N–H and O–H groups in total. The van der Waals surface area contributed by atoms with E-state index in [0.717, 1.165) is 83.5 Å². The number of rotatable bonds is 56. The zero-order valence-corrected chi connectivity index (χ0v) is 51.5. The Morgan fingerprint density at radius 1 is 0.468 bits per heavy atom. The van der Waals surface area contributed by atoms with Gasteiger partial charge in [0.1, 0.15) is 19.3 Å². The van der Waals surface area contributed by atoms with Crippen molar-refractivity contribution in [3.8, 4) is 0 Å². The van der Waals surface area contributed by atoms with Gasteiger partial charge in [0, 0.05) is 12.8 Å². The molecule has 10 heteroatoms. The number of hydrogen-bond acceptors (Lipinski definition) is 7. The van der Waals surface area contributed by atoms with Crippen LogP contribution in [0.4, 0.5) is 0 Å². The summed E-state index contributed by atoms with van der Waals surface area (Å²) in [6.45, 7) is 6.65. The van der Waals surface area contributed by atoms with Crippen molar-refractivity contribution in [2.75, 3.05) is 40.9 Å². The molecule has 0 saturated carbocycles. The van der Waals surface area contributed by atoms with Crippen molar-refractivity contribution < 1.29 is 37.3 Å². The molecule has 0 fully saturated rings. The molecule has 0 aromatic rings. The Hall–Kier alpha value is -3.07. The van der Waals surface area contributed by atoms with Gasteiger partial charge in [-0.1, -0.05) is 247 Å². The largest absolute Gasteiger partial charge is 0.756 e. The first kappa shape index (κ1) is 73.9. The maximum absolute atomic E-state index is 13.5.